The zero-order valence-corrected chi connectivity index (χ0v) is 12.9. The van der Waals surface area contributed by atoms with Crippen molar-refractivity contribution in [2.75, 3.05) is 6.61 Å². The normalized spacial score (nSPS) is 15.8. The number of rotatable bonds is 4. The lowest BCUT2D eigenvalue weighted by molar-refractivity contribution is 0.0830. The molecular formula is C17H21N3O2. The second-order valence-corrected chi connectivity index (χ2v) is 6.27. The van der Waals surface area contributed by atoms with Gasteiger partial charge in [0.1, 0.15) is 5.69 Å². The second-order valence-electron chi connectivity index (χ2n) is 6.27. The summed E-state index contributed by atoms with van der Waals surface area (Å²) >= 11 is 0. The number of nitrogens with one attached hydrogen (secondary N) is 1. The van der Waals surface area contributed by atoms with Crippen LogP contribution in [-0.2, 0) is 12.8 Å². The molecule has 1 amide bonds. The molecule has 0 aliphatic heterocycles. The summed E-state index contributed by atoms with van der Waals surface area (Å²) in [6.45, 7) is 3.89. The van der Waals surface area contributed by atoms with Crippen LogP contribution < -0.4 is 5.32 Å². The zero-order chi connectivity index (χ0) is 15.7. The van der Waals surface area contributed by atoms with Crippen LogP contribution >= 0.6 is 0 Å². The van der Waals surface area contributed by atoms with Gasteiger partial charge in [0.05, 0.1) is 12.1 Å². The van der Waals surface area contributed by atoms with E-state index in [1.165, 1.54) is 11.1 Å². The minimum absolute atomic E-state index is 0.0801. The fraction of sp³-hybridized carbons (Fsp3) is 0.412. The smallest absolute Gasteiger partial charge is 0.270 e. The van der Waals surface area contributed by atoms with Gasteiger partial charge in [-0.05, 0) is 43.9 Å². The third kappa shape index (κ3) is 2.52. The van der Waals surface area contributed by atoms with Crippen molar-refractivity contribution in [2.45, 2.75) is 38.3 Å². The highest BCUT2D eigenvalue weighted by Gasteiger charge is 2.38. The van der Waals surface area contributed by atoms with Crippen molar-refractivity contribution in [3.8, 4) is 0 Å². The molecule has 0 unspecified atom stereocenters. The van der Waals surface area contributed by atoms with Crippen molar-refractivity contribution >= 4 is 5.91 Å². The average Bonchev–Trinajstić information content (AvgIpc) is 3.11. The number of hydrogen-bond donors (Lipinski definition) is 2. The molecule has 2 aromatic rings. The van der Waals surface area contributed by atoms with Gasteiger partial charge in [-0.25, -0.2) is 0 Å². The van der Waals surface area contributed by atoms with E-state index < -0.39 is 5.54 Å². The first kappa shape index (κ1) is 14.8. The van der Waals surface area contributed by atoms with Crippen molar-refractivity contribution in [2.24, 2.45) is 0 Å². The van der Waals surface area contributed by atoms with Gasteiger partial charge in [-0.1, -0.05) is 24.3 Å². The lowest BCUT2D eigenvalue weighted by Gasteiger charge is -2.28. The minimum atomic E-state index is -0.618. The molecule has 0 fully saturated rings. The van der Waals surface area contributed by atoms with Crippen LogP contribution in [-0.4, -0.2) is 32.9 Å². The number of fused-ring (bicyclic) bond motifs is 1. The molecule has 5 heteroatoms. The van der Waals surface area contributed by atoms with Gasteiger partial charge in [0.15, 0.2) is 0 Å². The van der Waals surface area contributed by atoms with E-state index in [0.29, 0.717) is 18.5 Å². The molecule has 0 bridgehead atoms. The highest BCUT2D eigenvalue weighted by Crippen LogP contribution is 2.30. The zero-order valence-electron chi connectivity index (χ0n) is 12.9. The Labute approximate surface area is 130 Å². The quantitative estimate of drug-likeness (QED) is 0.903. The molecular weight excluding hydrogens is 278 g/mol. The van der Waals surface area contributed by atoms with Gasteiger partial charge in [0.2, 0.25) is 0 Å². The summed E-state index contributed by atoms with van der Waals surface area (Å²) in [5, 5.41) is 17.1. The van der Waals surface area contributed by atoms with E-state index in [1.807, 2.05) is 26.0 Å². The van der Waals surface area contributed by atoms with E-state index in [2.05, 4.69) is 22.5 Å². The van der Waals surface area contributed by atoms with Crippen LogP contribution in [0, 0.1) is 0 Å². The molecule has 5 nitrogen and oxygen atoms in total. The van der Waals surface area contributed by atoms with Crippen molar-refractivity contribution < 1.29 is 9.90 Å². The minimum Gasteiger partial charge on any atom is -0.394 e. The molecule has 2 N–H and O–H groups in total. The van der Waals surface area contributed by atoms with Gasteiger partial charge >= 0.3 is 0 Å². The Morgan fingerprint density at radius 2 is 1.95 bits per heavy atom. The van der Waals surface area contributed by atoms with Crippen molar-refractivity contribution in [3.63, 3.8) is 0 Å². The first-order chi connectivity index (χ1) is 10.5. The molecule has 1 aromatic carbocycles. The number of aliphatic hydroxyl groups is 1. The van der Waals surface area contributed by atoms with Crippen LogP contribution in [0.1, 0.15) is 41.5 Å². The molecule has 0 atom stereocenters. The molecule has 1 aliphatic rings. The van der Waals surface area contributed by atoms with E-state index in [9.17, 15) is 9.90 Å². The molecule has 1 heterocycles. The summed E-state index contributed by atoms with van der Waals surface area (Å²) in [5.74, 6) is -0.187. The number of aromatic nitrogens is 2. The first-order valence-corrected chi connectivity index (χ1v) is 7.58. The maximum Gasteiger partial charge on any atom is 0.270 e. The number of carbonyl (C=O) groups is 1. The summed E-state index contributed by atoms with van der Waals surface area (Å²) < 4.78 is 1.70. The van der Waals surface area contributed by atoms with Crippen molar-refractivity contribution in [1.82, 2.24) is 15.1 Å². The van der Waals surface area contributed by atoms with E-state index in [0.717, 1.165) is 0 Å². The van der Waals surface area contributed by atoms with Crippen LogP contribution in [0.5, 0.6) is 0 Å². The Hall–Kier alpha value is -2.14. The standard InChI is InChI=1S/C17H21N3O2/c1-12(2)20-15(7-8-18-20)16(22)19-17(11-21)9-13-5-3-4-6-14(13)10-17/h3-8,12,21H,9-11H2,1-2H3,(H,19,22). The van der Waals surface area contributed by atoms with Gasteiger partial charge in [-0.2, -0.15) is 5.10 Å². The Bertz CT molecular complexity index is 666. The maximum absolute atomic E-state index is 12.6. The lowest BCUT2D eigenvalue weighted by Crippen LogP contribution is -2.52. The van der Waals surface area contributed by atoms with E-state index >= 15 is 0 Å². The highest BCUT2D eigenvalue weighted by molar-refractivity contribution is 5.93. The Kier molecular flexibility index (Phi) is 3.74. The number of nitrogens with zero attached hydrogens (tertiary/aromatic N) is 2. The number of carbonyl (C=O) groups excluding carboxylic acids is 1. The molecule has 3 rings (SSSR count). The van der Waals surface area contributed by atoms with Gasteiger partial charge in [0, 0.05) is 12.2 Å². The van der Waals surface area contributed by atoms with E-state index in [4.69, 9.17) is 0 Å². The first-order valence-electron chi connectivity index (χ1n) is 7.58. The summed E-state index contributed by atoms with van der Waals surface area (Å²) in [6.07, 6.45) is 2.94. The maximum atomic E-state index is 12.6. The predicted molar refractivity (Wildman–Crippen MR) is 83.7 cm³/mol. The third-order valence-electron chi connectivity index (χ3n) is 4.25. The van der Waals surface area contributed by atoms with Gasteiger partial charge in [0.25, 0.3) is 5.91 Å². The van der Waals surface area contributed by atoms with Crippen molar-refractivity contribution in [1.29, 1.82) is 0 Å². The van der Waals surface area contributed by atoms with Crippen molar-refractivity contribution in [3.05, 3.63) is 53.3 Å². The topological polar surface area (TPSA) is 67.2 Å². The Morgan fingerprint density at radius 3 is 2.50 bits per heavy atom. The van der Waals surface area contributed by atoms with Gasteiger partial charge < -0.3 is 10.4 Å². The third-order valence-corrected chi connectivity index (χ3v) is 4.25. The van der Waals surface area contributed by atoms with Crippen LogP contribution in [0.4, 0.5) is 0 Å². The summed E-state index contributed by atoms with van der Waals surface area (Å²) in [5.41, 5.74) is 2.29. The number of benzene rings is 1. The largest absolute Gasteiger partial charge is 0.394 e. The molecule has 1 aliphatic carbocycles. The predicted octanol–water partition coefficient (Wildman–Crippen LogP) is 1.72. The molecule has 0 saturated heterocycles. The summed E-state index contributed by atoms with van der Waals surface area (Å²) in [7, 11) is 0. The van der Waals surface area contributed by atoms with Crippen LogP contribution in [0.25, 0.3) is 0 Å². The number of hydrogen-bond acceptors (Lipinski definition) is 3. The van der Waals surface area contributed by atoms with Crippen LogP contribution in [0.3, 0.4) is 0 Å². The molecule has 0 saturated carbocycles. The van der Waals surface area contributed by atoms with E-state index in [-0.39, 0.29) is 18.6 Å². The molecule has 0 radical (unpaired) electrons. The fourth-order valence-corrected chi connectivity index (χ4v) is 3.14. The van der Waals surface area contributed by atoms with E-state index in [1.54, 1.807) is 16.9 Å². The number of amides is 1. The Morgan fingerprint density at radius 1 is 1.32 bits per heavy atom. The summed E-state index contributed by atoms with van der Waals surface area (Å²) in [6, 6.07) is 9.91. The fourth-order valence-electron chi connectivity index (χ4n) is 3.14. The summed E-state index contributed by atoms with van der Waals surface area (Å²) in [4.78, 5) is 12.6. The van der Waals surface area contributed by atoms with Crippen LogP contribution in [0.2, 0.25) is 0 Å². The SMILES string of the molecule is CC(C)n1nccc1C(=O)NC1(CO)Cc2ccccc2C1. The molecule has 1 aromatic heterocycles. The lowest BCUT2D eigenvalue weighted by atomic mass is 9.96. The Balaban J connectivity index is 1.82. The highest BCUT2D eigenvalue weighted by atomic mass is 16.3. The molecule has 22 heavy (non-hydrogen) atoms. The number of aliphatic hydroxyl groups excluding tert-OH is 1. The average molecular weight is 299 g/mol. The second kappa shape index (κ2) is 5.57. The molecule has 0 spiro atoms. The monoisotopic (exact) mass is 299 g/mol. The molecule has 116 valence electrons. The van der Waals surface area contributed by atoms with Gasteiger partial charge in [-0.3, -0.25) is 9.48 Å². The van der Waals surface area contributed by atoms with Crippen LogP contribution in [0.15, 0.2) is 36.5 Å². The van der Waals surface area contributed by atoms with Gasteiger partial charge in [-0.15, -0.1) is 0 Å².